The molecule has 0 unspecified atom stereocenters. The molecular weight excluding hydrogens is 270 g/mol. The van der Waals surface area contributed by atoms with Gasteiger partial charge in [-0.25, -0.2) is 4.98 Å². The van der Waals surface area contributed by atoms with Crippen molar-refractivity contribution in [2.24, 2.45) is 5.73 Å². The molecule has 0 aliphatic rings. The number of thiazole rings is 1. The van der Waals surface area contributed by atoms with Crippen molar-refractivity contribution in [2.75, 3.05) is 11.9 Å². The fourth-order valence-electron chi connectivity index (χ4n) is 1.79. The van der Waals surface area contributed by atoms with E-state index in [-0.39, 0.29) is 5.91 Å². The first-order valence-electron chi connectivity index (χ1n) is 6.12. The molecule has 0 aliphatic heterocycles. The highest BCUT2D eigenvalue weighted by atomic mass is 32.1. The van der Waals surface area contributed by atoms with Crippen LogP contribution in [0.5, 0.6) is 0 Å². The molecule has 1 amide bonds. The number of nitrogens with two attached hydrogens (primary N) is 1. The highest BCUT2D eigenvalue weighted by molar-refractivity contribution is 7.12. The Balaban J connectivity index is 2.23. The van der Waals surface area contributed by atoms with Crippen LogP contribution >= 0.6 is 11.3 Å². The van der Waals surface area contributed by atoms with Crippen LogP contribution in [0.25, 0.3) is 0 Å². The Kier molecular flexibility index (Phi) is 4.51. The summed E-state index contributed by atoms with van der Waals surface area (Å²) in [5, 5.41) is 2.88. The lowest BCUT2D eigenvalue weighted by Crippen LogP contribution is -2.11. The molecule has 0 fully saturated rings. The summed E-state index contributed by atoms with van der Waals surface area (Å²) in [7, 11) is 0. The maximum Gasteiger partial charge on any atom is 0.267 e. The zero-order valence-corrected chi connectivity index (χ0v) is 12.2. The third-order valence-electron chi connectivity index (χ3n) is 2.62. The summed E-state index contributed by atoms with van der Waals surface area (Å²) in [4.78, 5) is 16.8. The third kappa shape index (κ3) is 3.44. The van der Waals surface area contributed by atoms with Gasteiger partial charge >= 0.3 is 0 Å². The van der Waals surface area contributed by atoms with Crippen molar-refractivity contribution in [3.05, 3.63) is 45.4 Å². The van der Waals surface area contributed by atoms with Crippen molar-refractivity contribution >= 4 is 22.9 Å². The molecule has 5 heteroatoms. The lowest BCUT2D eigenvalue weighted by Gasteiger charge is -2.06. The lowest BCUT2D eigenvalue weighted by molar-refractivity contribution is 0.103. The summed E-state index contributed by atoms with van der Waals surface area (Å²) < 4.78 is 0. The molecule has 0 atom stereocenters. The molecule has 2 aromatic rings. The monoisotopic (exact) mass is 285 g/mol. The van der Waals surface area contributed by atoms with Gasteiger partial charge in [-0.15, -0.1) is 11.3 Å². The van der Waals surface area contributed by atoms with Crippen LogP contribution in [0.1, 0.15) is 26.5 Å². The van der Waals surface area contributed by atoms with Crippen LogP contribution in [-0.4, -0.2) is 17.4 Å². The number of nitrogens with zero attached hydrogens (tertiary/aromatic N) is 1. The number of nitrogens with one attached hydrogen (secondary N) is 1. The van der Waals surface area contributed by atoms with Crippen molar-refractivity contribution in [3.8, 4) is 11.8 Å². The molecule has 1 aromatic heterocycles. The summed E-state index contributed by atoms with van der Waals surface area (Å²) in [6.07, 6.45) is 0. The number of carbonyl (C=O) groups is 1. The number of hydrogen-bond donors (Lipinski definition) is 2. The van der Waals surface area contributed by atoms with E-state index in [1.807, 2.05) is 32.0 Å². The molecule has 0 aliphatic carbocycles. The molecule has 0 radical (unpaired) electrons. The predicted molar refractivity (Wildman–Crippen MR) is 81.9 cm³/mol. The highest BCUT2D eigenvalue weighted by Crippen LogP contribution is 2.18. The first-order chi connectivity index (χ1) is 9.60. The van der Waals surface area contributed by atoms with Gasteiger partial charge in [-0.1, -0.05) is 11.8 Å². The van der Waals surface area contributed by atoms with E-state index < -0.39 is 0 Å². The van der Waals surface area contributed by atoms with Gasteiger partial charge in [-0.05, 0) is 37.6 Å². The van der Waals surface area contributed by atoms with Gasteiger partial charge in [-0.2, -0.15) is 0 Å². The van der Waals surface area contributed by atoms with Crippen LogP contribution in [0.2, 0.25) is 0 Å². The van der Waals surface area contributed by atoms with E-state index >= 15 is 0 Å². The van der Waals surface area contributed by atoms with Crippen LogP contribution in [0.4, 0.5) is 5.69 Å². The molecule has 3 N–H and O–H groups in total. The topological polar surface area (TPSA) is 68.0 Å². The minimum atomic E-state index is -0.145. The third-order valence-corrected chi connectivity index (χ3v) is 3.55. The molecule has 20 heavy (non-hydrogen) atoms. The smallest absolute Gasteiger partial charge is 0.267 e. The van der Waals surface area contributed by atoms with Gasteiger partial charge < -0.3 is 11.1 Å². The van der Waals surface area contributed by atoms with E-state index in [9.17, 15) is 4.79 Å². The number of benzene rings is 1. The van der Waals surface area contributed by atoms with Gasteiger partial charge in [-0.3, -0.25) is 4.79 Å². The minimum Gasteiger partial charge on any atom is -0.321 e. The molecule has 1 aromatic carbocycles. The van der Waals surface area contributed by atoms with Crippen molar-refractivity contribution in [1.29, 1.82) is 0 Å². The highest BCUT2D eigenvalue weighted by Gasteiger charge is 2.12. The summed E-state index contributed by atoms with van der Waals surface area (Å²) >= 11 is 1.33. The summed E-state index contributed by atoms with van der Waals surface area (Å²) in [6, 6.07) is 5.70. The molecule has 0 saturated carbocycles. The molecular formula is C15H15N3OS. The average molecular weight is 285 g/mol. The summed E-state index contributed by atoms with van der Waals surface area (Å²) in [5.74, 6) is 5.63. The van der Waals surface area contributed by atoms with Crippen molar-refractivity contribution in [1.82, 2.24) is 4.98 Å². The van der Waals surface area contributed by atoms with Crippen LogP contribution in [0.3, 0.4) is 0 Å². The molecule has 4 nitrogen and oxygen atoms in total. The zero-order valence-electron chi connectivity index (χ0n) is 11.4. The number of rotatable bonds is 2. The number of aromatic nitrogens is 1. The van der Waals surface area contributed by atoms with Crippen LogP contribution in [0, 0.1) is 25.7 Å². The average Bonchev–Trinajstić information content (AvgIpc) is 2.82. The van der Waals surface area contributed by atoms with Gasteiger partial charge in [0, 0.05) is 11.3 Å². The first-order valence-corrected chi connectivity index (χ1v) is 7.00. The van der Waals surface area contributed by atoms with E-state index in [1.165, 1.54) is 11.3 Å². The molecule has 0 bridgehead atoms. The lowest BCUT2D eigenvalue weighted by atomic mass is 10.1. The summed E-state index contributed by atoms with van der Waals surface area (Å²) in [6.45, 7) is 4.09. The van der Waals surface area contributed by atoms with E-state index in [1.54, 1.807) is 5.51 Å². The second-order valence-electron chi connectivity index (χ2n) is 4.31. The fourth-order valence-corrected chi connectivity index (χ4v) is 2.49. The number of aryl methyl sites for hydroxylation is 2. The van der Waals surface area contributed by atoms with Crippen LogP contribution in [0.15, 0.2) is 23.7 Å². The SMILES string of the molecule is Cc1cc(C#CCN)cc(NC(=O)c2scnc2C)c1. The Morgan fingerprint density at radius 1 is 1.40 bits per heavy atom. The van der Waals surface area contributed by atoms with Gasteiger partial charge in [0.2, 0.25) is 0 Å². The zero-order chi connectivity index (χ0) is 14.5. The van der Waals surface area contributed by atoms with Gasteiger partial charge in [0.15, 0.2) is 0 Å². The Bertz CT molecular complexity index is 695. The van der Waals surface area contributed by atoms with Crippen molar-refractivity contribution in [2.45, 2.75) is 13.8 Å². The predicted octanol–water partition coefficient (Wildman–Crippen LogP) is 2.32. The maximum absolute atomic E-state index is 12.1. The van der Waals surface area contributed by atoms with Crippen LogP contribution in [-0.2, 0) is 0 Å². The number of amides is 1. The Morgan fingerprint density at radius 2 is 2.20 bits per heavy atom. The van der Waals surface area contributed by atoms with Gasteiger partial charge in [0.1, 0.15) is 4.88 Å². The molecule has 102 valence electrons. The molecule has 0 spiro atoms. The molecule has 1 heterocycles. The minimum absolute atomic E-state index is 0.145. The number of carbonyl (C=O) groups excluding carboxylic acids is 1. The quantitative estimate of drug-likeness (QED) is 0.832. The Morgan fingerprint density at radius 3 is 2.85 bits per heavy atom. The van der Waals surface area contributed by atoms with Crippen molar-refractivity contribution in [3.63, 3.8) is 0 Å². The van der Waals surface area contributed by atoms with E-state index in [0.29, 0.717) is 11.4 Å². The standard InChI is InChI=1S/C15H15N3OS/c1-10-6-12(4-3-5-16)8-13(7-10)18-15(19)14-11(2)17-9-20-14/h6-9H,5,16H2,1-2H3,(H,18,19). The summed E-state index contributed by atoms with van der Waals surface area (Å²) in [5.41, 5.74) is 10.4. The van der Waals surface area contributed by atoms with Gasteiger partial charge in [0.25, 0.3) is 5.91 Å². The number of anilines is 1. The molecule has 0 saturated heterocycles. The van der Waals surface area contributed by atoms with E-state index in [4.69, 9.17) is 5.73 Å². The Hall–Kier alpha value is -2.16. The molecule has 2 rings (SSSR count). The second kappa shape index (κ2) is 6.33. The first kappa shape index (κ1) is 14.3. The number of hydrogen-bond acceptors (Lipinski definition) is 4. The van der Waals surface area contributed by atoms with E-state index in [2.05, 4.69) is 22.1 Å². The largest absolute Gasteiger partial charge is 0.321 e. The second-order valence-corrected chi connectivity index (χ2v) is 5.17. The maximum atomic E-state index is 12.1. The van der Waals surface area contributed by atoms with Gasteiger partial charge in [0.05, 0.1) is 17.7 Å². The van der Waals surface area contributed by atoms with E-state index in [0.717, 1.165) is 22.5 Å². The van der Waals surface area contributed by atoms with Crippen molar-refractivity contribution < 1.29 is 4.79 Å². The fraction of sp³-hybridized carbons (Fsp3) is 0.200. The normalized spacial score (nSPS) is 9.75. The Labute approximate surface area is 122 Å². The van der Waals surface area contributed by atoms with Crippen LogP contribution < -0.4 is 11.1 Å².